The van der Waals surface area contributed by atoms with Crippen molar-refractivity contribution in [2.45, 2.75) is 50.6 Å². The van der Waals surface area contributed by atoms with E-state index in [4.69, 9.17) is 5.11 Å². The molecule has 0 fully saturated rings. The van der Waals surface area contributed by atoms with Crippen LogP contribution in [0.15, 0.2) is 9.82 Å². The quantitative estimate of drug-likeness (QED) is 0.511. The summed E-state index contributed by atoms with van der Waals surface area (Å²) >= 11 is 2.65. The van der Waals surface area contributed by atoms with Crippen molar-refractivity contribution in [2.75, 3.05) is 17.7 Å². The van der Waals surface area contributed by atoms with Gasteiger partial charge in [0.25, 0.3) is 0 Å². The summed E-state index contributed by atoms with van der Waals surface area (Å²) in [5, 5.41) is 21.7. The Balaban J connectivity index is 1.68. The first-order valence-corrected chi connectivity index (χ1v) is 10.4. The molecule has 0 saturated carbocycles. The van der Waals surface area contributed by atoms with Crippen LogP contribution in [0.3, 0.4) is 0 Å². The summed E-state index contributed by atoms with van der Waals surface area (Å²) < 4.78 is 1.66. The predicted molar refractivity (Wildman–Crippen MR) is 101 cm³/mol. The molecular weight excluding hydrogens is 374 g/mol. The van der Waals surface area contributed by atoms with Gasteiger partial charge in [-0.3, -0.25) is 14.7 Å². The lowest BCUT2D eigenvalue weighted by molar-refractivity contribution is -0.113. The molecule has 0 aliphatic heterocycles. The minimum Gasteiger partial charge on any atom is -0.396 e. The highest BCUT2D eigenvalue weighted by atomic mass is 32.2. The van der Waals surface area contributed by atoms with Crippen LogP contribution in [0.5, 0.6) is 0 Å². The number of carbonyl (C=O) groups is 1. The number of nitrogens with one attached hydrogen (secondary N) is 1. The monoisotopic (exact) mass is 395 g/mol. The van der Waals surface area contributed by atoms with Gasteiger partial charge in [-0.2, -0.15) is 4.98 Å². The topological polar surface area (TPSA) is 110 Å². The maximum Gasteiger partial charge on any atom is 0.348 e. The number of aliphatic hydroxyl groups is 1. The molecule has 0 bridgehead atoms. The second kappa shape index (κ2) is 8.74. The summed E-state index contributed by atoms with van der Waals surface area (Å²) in [6, 6.07) is 0. The van der Waals surface area contributed by atoms with E-state index in [-0.39, 0.29) is 24.0 Å². The van der Waals surface area contributed by atoms with E-state index in [9.17, 15) is 9.59 Å². The summed E-state index contributed by atoms with van der Waals surface area (Å²) in [5.74, 6) is -0.0209. The molecule has 2 aromatic rings. The van der Waals surface area contributed by atoms with Gasteiger partial charge in [-0.25, -0.2) is 4.79 Å². The number of amides is 1. The van der Waals surface area contributed by atoms with Crippen LogP contribution in [-0.2, 0) is 30.6 Å². The molecule has 10 heteroatoms. The molecule has 2 N–H and O–H groups in total. The molecule has 0 spiro atoms. The van der Waals surface area contributed by atoms with E-state index in [1.165, 1.54) is 23.1 Å². The van der Waals surface area contributed by atoms with Crippen molar-refractivity contribution in [1.82, 2.24) is 19.7 Å². The molecule has 0 unspecified atom stereocenters. The Morgan fingerprint density at radius 2 is 2.23 bits per heavy atom. The fourth-order valence-electron chi connectivity index (χ4n) is 2.90. The maximum atomic E-state index is 12.3. The number of hydrogen-bond acceptors (Lipinski definition) is 8. The van der Waals surface area contributed by atoms with Gasteiger partial charge in [-0.15, -0.1) is 10.2 Å². The number of rotatable bonds is 8. The third-order valence-electron chi connectivity index (χ3n) is 4.10. The summed E-state index contributed by atoms with van der Waals surface area (Å²) in [7, 11) is 0. The van der Waals surface area contributed by atoms with E-state index in [2.05, 4.69) is 20.5 Å². The van der Waals surface area contributed by atoms with Crippen LogP contribution in [-0.4, -0.2) is 43.1 Å². The molecule has 1 amide bonds. The summed E-state index contributed by atoms with van der Waals surface area (Å²) in [6.07, 6.45) is 3.99. The fourth-order valence-corrected chi connectivity index (χ4v) is 4.47. The number of nitrogens with zero attached hydrogens (tertiary/aromatic N) is 4. The lowest BCUT2D eigenvalue weighted by Gasteiger charge is -2.13. The molecule has 1 aliphatic carbocycles. The molecule has 26 heavy (non-hydrogen) atoms. The van der Waals surface area contributed by atoms with Gasteiger partial charge < -0.3 is 5.11 Å². The first-order valence-electron chi connectivity index (χ1n) is 8.60. The third kappa shape index (κ3) is 4.30. The summed E-state index contributed by atoms with van der Waals surface area (Å²) in [6.45, 7) is 2.51. The number of anilines is 1. The standard InChI is InChI=1S/C16H21N5O3S2/c1-2-13-19-20-15(26-13)17-12(23)9-25-14-10-5-3-6-11(10)21(7-4-8-22)16(24)18-14/h22H,2-9H2,1H3,(H,17,20,23). The van der Waals surface area contributed by atoms with Gasteiger partial charge in [0.05, 0.1) is 5.75 Å². The Morgan fingerprint density at radius 3 is 2.96 bits per heavy atom. The van der Waals surface area contributed by atoms with Crippen LogP contribution in [0.4, 0.5) is 5.13 Å². The molecule has 140 valence electrons. The SMILES string of the molecule is CCc1nnc(NC(=O)CSc2nc(=O)n(CCCO)c3c2CCC3)s1. The third-order valence-corrected chi connectivity index (χ3v) is 6.10. The number of fused-ring (bicyclic) bond motifs is 1. The Kier molecular flexibility index (Phi) is 6.38. The van der Waals surface area contributed by atoms with Gasteiger partial charge >= 0.3 is 5.69 Å². The highest BCUT2D eigenvalue weighted by molar-refractivity contribution is 8.00. The number of aliphatic hydroxyl groups excluding tert-OH is 1. The van der Waals surface area contributed by atoms with Crippen LogP contribution in [0.1, 0.15) is 36.0 Å². The molecule has 1 aliphatic rings. The average molecular weight is 396 g/mol. The highest BCUT2D eigenvalue weighted by Gasteiger charge is 2.22. The molecule has 0 atom stereocenters. The van der Waals surface area contributed by atoms with Crippen molar-refractivity contribution in [3.05, 3.63) is 26.7 Å². The number of carbonyl (C=O) groups excluding carboxylic acids is 1. The van der Waals surface area contributed by atoms with Gasteiger partial charge in [-0.1, -0.05) is 30.0 Å². The average Bonchev–Trinajstić information content (AvgIpc) is 3.28. The maximum absolute atomic E-state index is 12.3. The van der Waals surface area contributed by atoms with Gasteiger partial charge in [0.15, 0.2) is 0 Å². The molecule has 2 aromatic heterocycles. The van der Waals surface area contributed by atoms with Crippen molar-refractivity contribution in [3.63, 3.8) is 0 Å². The number of hydrogen-bond donors (Lipinski definition) is 2. The van der Waals surface area contributed by atoms with Crippen molar-refractivity contribution in [1.29, 1.82) is 0 Å². The lowest BCUT2D eigenvalue weighted by atomic mass is 10.2. The smallest absolute Gasteiger partial charge is 0.348 e. The zero-order valence-corrected chi connectivity index (χ0v) is 16.2. The fraction of sp³-hybridized carbons (Fsp3) is 0.562. The van der Waals surface area contributed by atoms with Crippen molar-refractivity contribution >= 4 is 34.1 Å². The summed E-state index contributed by atoms with van der Waals surface area (Å²) in [4.78, 5) is 28.6. The number of aryl methyl sites for hydroxylation is 1. The lowest BCUT2D eigenvalue weighted by Crippen LogP contribution is -2.28. The van der Waals surface area contributed by atoms with Crippen LogP contribution in [0.25, 0.3) is 0 Å². The van der Waals surface area contributed by atoms with Crippen LogP contribution in [0.2, 0.25) is 0 Å². The first-order chi connectivity index (χ1) is 12.6. The molecule has 0 radical (unpaired) electrons. The van der Waals surface area contributed by atoms with Gasteiger partial charge in [0.1, 0.15) is 10.0 Å². The normalized spacial score (nSPS) is 13.0. The van der Waals surface area contributed by atoms with Gasteiger partial charge in [-0.05, 0) is 32.1 Å². The Morgan fingerprint density at radius 1 is 1.38 bits per heavy atom. The predicted octanol–water partition coefficient (Wildman–Crippen LogP) is 1.26. The Hall–Kier alpha value is -1.78. The van der Waals surface area contributed by atoms with E-state index < -0.39 is 0 Å². The molecule has 2 heterocycles. The first kappa shape index (κ1) is 19.0. The van der Waals surface area contributed by atoms with Crippen molar-refractivity contribution in [2.24, 2.45) is 0 Å². The number of thioether (sulfide) groups is 1. The van der Waals surface area contributed by atoms with Crippen molar-refractivity contribution in [3.8, 4) is 0 Å². The largest absolute Gasteiger partial charge is 0.396 e. The van der Waals surface area contributed by atoms with Crippen molar-refractivity contribution < 1.29 is 9.90 Å². The van der Waals surface area contributed by atoms with E-state index in [1.54, 1.807) is 4.57 Å². The minimum absolute atomic E-state index is 0.0449. The Labute approximate surface area is 159 Å². The minimum atomic E-state index is -0.307. The van der Waals surface area contributed by atoms with Crippen LogP contribution >= 0.6 is 23.1 Å². The van der Waals surface area contributed by atoms with Crippen LogP contribution < -0.4 is 11.0 Å². The van der Waals surface area contributed by atoms with E-state index in [0.29, 0.717) is 23.1 Å². The molecule has 0 saturated heterocycles. The molecule has 8 nitrogen and oxygen atoms in total. The zero-order valence-electron chi connectivity index (χ0n) is 14.5. The van der Waals surface area contributed by atoms with E-state index in [1.807, 2.05) is 6.92 Å². The zero-order chi connectivity index (χ0) is 18.5. The summed E-state index contributed by atoms with van der Waals surface area (Å²) in [5.41, 5.74) is 1.75. The highest BCUT2D eigenvalue weighted by Crippen LogP contribution is 2.29. The van der Waals surface area contributed by atoms with Gasteiger partial charge in [0.2, 0.25) is 11.0 Å². The Bertz CT molecular complexity index is 849. The van der Waals surface area contributed by atoms with Crippen LogP contribution in [0, 0.1) is 0 Å². The number of aromatic nitrogens is 4. The molecular formula is C16H21N5O3S2. The second-order valence-electron chi connectivity index (χ2n) is 5.90. The van der Waals surface area contributed by atoms with Gasteiger partial charge in [0, 0.05) is 24.4 Å². The van der Waals surface area contributed by atoms with E-state index >= 15 is 0 Å². The molecule has 3 rings (SSSR count). The molecule has 0 aromatic carbocycles. The van der Waals surface area contributed by atoms with E-state index in [0.717, 1.165) is 41.9 Å². The second-order valence-corrected chi connectivity index (χ2v) is 7.92.